The number of hydrogen-bond acceptors (Lipinski definition) is 4. The fourth-order valence-electron chi connectivity index (χ4n) is 4.54. The number of ether oxygens (including phenoxy) is 2. The minimum absolute atomic E-state index is 0.0129. The van der Waals surface area contributed by atoms with Gasteiger partial charge in [0.1, 0.15) is 5.82 Å². The van der Waals surface area contributed by atoms with E-state index in [-0.39, 0.29) is 5.91 Å². The summed E-state index contributed by atoms with van der Waals surface area (Å²) in [6.45, 7) is 4.08. The van der Waals surface area contributed by atoms with Crippen molar-refractivity contribution in [1.82, 2.24) is 14.9 Å². The molecule has 4 rings (SSSR count). The molecule has 0 bridgehead atoms. The quantitative estimate of drug-likeness (QED) is 0.175. The van der Waals surface area contributed by atoms with Crippen molar-refractivity contribution in [2.45, 2.75) is 45.6 Å². The van der Waals surface area contributed by atoms with E-state index < -0.39 is 0 Å². The highest BCUT2D eigenvalue weighted by molar-refractivity contribution is 6.30. The number of benzene rings is 3. The van der Waals surface area contributed by atoms with Gasteiger partial charge in [0.25, 0.3) is 0 Å². The summed E-state index contributed by atoms with van der Waals surface area (Å²) < 4.78 is 13.8. The Kier molecular flexibility index (Phi) is 10.4. The average Bonchev–Trinajstić information content (AvgIpc) is 3.30. The number of aryl methyl sites for hydroxylation is 2. The van der Waals surface area contributed by atoms with Crippen LogP contribution in [0.25, 0.3) is 17.1 Å². The molecule has 1 amide bonds. The lowest BCUT2D eigenvalue weighted by Crippen LogP contribution is -2.26. The molecule has 0 aliphatic carbocycles. The lowest BCUT2D eigenvalue weighted by Gasteiger charge is -2.12. The van der Waals surface area contributed by atoms with E-state index in [0.717, 1.165) is 71.7 Å². The number of aromatic nitrogens is 2. The van der Waals surface area contributed by atoms with E-state index in [9.17, 15) is 4.79 Å². The number of carbonyl (C=O) groups is 1. The molecule has 0 saturated carbocycles. The van der Waals surface area contributed by atoms with Crippen LogP contribution >= 0.6 is 11.6 Å². The molecule has 0 radical (unpaired) electrons. The fourth-order valence-corrected chi connectivity index (χ4v) is 4.67. The van der Waals surface area contributed by atoms with Crippen LogP contribution < -0.4 is 14.8 Å². The summed E-state index contributed by atoms with van der Waals surface area (Å²) in [6, 6.07) is 21.6. The molecular formula is C32H36ClN3O3. The second kappa shape index (κ2) is 14.4. The van der Waals surface area contributed by atoms with Crippen molar-refractivity contribution in [3.63, 3.8) is 0 Å². The van der Waals surface area contributed by atoms with Crippen LogP contribution in [0, 0.1) is 0 Å². The molecule has 39 heavy (non-hydrogen) atoms. The molecule has 4 aromatic rings. The molecule has 1 N–H and O–H groups in total. The van der Waals surface area contributed by atoms with Gasteiger partial charge in [0.2, 0.25) is 5.91 Å². The van der Waals surface area contributed by atoms with Crippen molar-refractivity contribution < 1.29 is 14.3 Å². The molecule has 7 heteroatoms. The van der Waals surface area contributed by atoms with Gasteiger partial charge in [-0.1, -0.05) is 54.1 Å². The van der Waals surface area contributed by atoms with E-state index in [2.05, 4.69) is 22.0 Å². The maximum Gasteiger partial charge on any atom is 0.224 e. The summed E-state index contributed by atoms with van der Waals surface area (Å²) >= 11 is 5.93. The zero-order valence-electron chi connectivity index (χ0n) is 22.7. The van der Waals surface area contributed by atoms with E-state index in [0.29, 0.717) is 24.6 Å². The van der Waals surface area contributed by atoms with Crippen LogP contribution in [-0.2, 0) is 24.2 Å². The number of unbranched alkanes of at least 4 members (excludes halogenated alkanes) is 1. The zero-order valence-corrected chi connectivity index (χ0v) is 23.4. The minimum atomic E-state index is 0.0129. The first-order valence-corrected chi connectivity index (χ1v) is 13.8. The Morgan fingerprint density at radius 3 is 2.64 bits per heavy atom. The highest BCUT2D eigenvalue weighted by Crippen LogP contribution is 2.29. The number of rotatable bonds is 14. The number of nitrogens with zero attached hydrogens (tertiary/aromatic N) is 2. The Bertz CT molecular complexity index is 1400. The van der Waals surface area contributed by atoms with E-state index in [4.69, 9.17) is 26.1 Å². The predicted molar refractivity (Wildman–Crippen MR) is 159 cm³/mol. The number of fused-ring (bicyclic) bond motifs is 1. The van der Waals surface area contributed by atoms with Gasteiger partial charge in [-0.15, -0.1) is 0 Å². The molecule has 0 fully saturated rings. The third-order valence-electron chi connectivity index (χ3n) is 6.49. The number of imidazole rings is 1. The van der Waals surface area contributed by atoms with Gasteiger partial charge in [-0.05, 0) is 73.7 Å². The van der Waals surface area contributed by atoms with Gasteiger partial charge in [0.05, 0.1) is 31.2 Å². The number of allylic oxidation sites excluding steroid dienone is 1. The van der Waals surface area contributed by atoms with Gasteiger partial charge in [-0.25, -0.2) is 4.98 Å². The highest BCUT2D eigenvalue weighted by Gasteiger charge is 2.11. The Balaban J connectivity index is 1.27. The van der Waals surface area contributed by atoms with Crippen LogP contribution in [0.2, 0.25) is 5.02 Å². The number of hydrogen-bond donors (Lipinski definition) is 1. The first-order valence-electron chi connectivity index (χ1n) is 13.5. The molecule has 0 unspecified atom stereocenters. The summed E-state index contributed by atoms with van der Waals surface area (Å²) in [5.41, 5.74) is 4.18. The standard InChI is InChI=1S/C32H36ClN3O3/c1-3-9-24-15-18-29(30(22-24)38-2)39-21-7-6-20-36-28-11-5-4-10-27(28)35-31(36)12-8-19-34-32(37)23-25-13-16-26(33)17-14-25/h3-5,9-11,13-18,22H,6-8,12,19-21,23H2,1-2H3,(H,34,37)/b9-3+. The minimum Gasteiger partial charge on any atom is -0.493 e. The largest absolute Gasteiger partial charge is 0.493 e. The van der Waals surface area contributed by atoms with Gasteiger partial charge in [0.15, 0.2) is 11.5 Å². The molecule has 204 valence electrons. The fraction of sp³-hybridized carbons (Fsp3) is 0.312. The number of para-hydroxylation sites is 2. The molecule has 6 nitrogen and oxygen atoms in total. The van der Waals surface area contributed by atoms with Crippen LogP contribution in [0.5, 0.6) is 11.5 Å². The summed E-state index contributed by atoms with van der Waals surface area (Å²) in [6.07, 6.45) is 7.88. The zero-order chi connectivity index (χ0) is 27.5. The Morgan fingerprint density at radius 1 is 1.03 bits per heavy atom. The van der Waals surface area contributed by atoms with Gasteiger partial charge in [-0.2, -0.15) is 0 Å². The first-order chi connectivity index (χ1) is 19.1. The number of amides is 1. The van der Waals surface area contributed by atoms with Crippen molar-refractivity contribution in [2.24, 2.45) is 0 Å². The van der Waals surface area contributed by atoms with E-state index in [1.807, 2.05) is 61.5 Å². The number of nitrogens with one attached hydrogen (secondary N) is 1. The summed E-state index contributed by atoms with van der Waals surface area (Å²) in [4.78, 5) is 17.2. The Morgan fingerprint density at radius 2 is 1.85 bits per heavy atom. The van der Waals surface area contributed by atoms with Crippen LogP contribution in [0.4, 0.5) is 0 Å². The Labute approximate surface area is 235 Å². The molecule has 0 spiro atoms. The van der Waals surface area contributed by atoms with Crippen molar-refractivity contribution in [2.75, 3.05) is 20.3 Å². The maximum absolute atomic E-state index is 12.3. The molecule has 0 aliphatic rings. The van der Waals surface area contributed by atoms with E-state index in [1.165, 1.54) is 0 Å². The van der Waals surface area contributed by atoms with Crippen molar-refractivity contribution in [3.8, 4) is 11.5 Å². The molecule has 0 saturated heterocycles. The first kappa shape index (κ1) is 28.2. The predicted octanol–water partition coefficient (Wildman–Crippen LogP) is 6.88. The van der Waals surface area contributed by atoms with Crippen molar-refractivity contribution in [3.05, 3.63) is 94.8 Å². The van der Waals surface area contributed by atoms with Gasteiger partial charge < -0.3 is 19.4 Å². The SMILES string of the molecule is C/C=C/c1ccc(OCCCCn2c(CCCNC(=O)Cc3ccc(Cl)cc3)nc3ccccc32)c(OC)c1. The normalized spacial score (nSPS) is 11.3. The highest BCUT2D eigenvalue weighted by atomic mass is 35.5. The lowest BCUT2D eigenvalue weighted by atomic mass is 10.1. The van der Waals surface area contributed by atoms with Gasteiger partial charge in [0, 0.05) is 24.5 Å². The van der Waals surface area contributed by atoms with Crippen LogP contribution in [0.15, 0.2) is 72.8 Å². The number of carbonyl (C=O) groups excluding carboxylic acids is 1. The number of methoxy groups -OCH3 is 1. The average molecular weight is 546 g/mol. The molecule has 0 atom stereocenters. The molecular weight excluding hydrogens is 510 g/mol. The number of halogens is 1. The monoisotopic (exact) mass is 545 g/mol. The second-order valence-electron chi connectivity index (χ2n) is 9.39. The summed E-state index contributed by atoms with van der Waals surface area (Å²) in [5, 5.41) is 3.70. The molecule has 1 heterocycles. The second-order valence-corrected chi connectivity index (χ2v) is 9.83. The maximum atomic E-state index is 12.3. The van der Waals surface area contributed by atoms with E-state index >= 15 is 0 Å². The third-order valence-corrected chi connectivity index (χ3v) is 6.74. The van der Waals surface area contributed by atoms with Crippen molar-refractivity contribution in [1.29, 1.82) is 0 Å². The molecule has 0 aliphatic heterocycles. The van der Waals surface area contributed by atoms with Crippen LogP contribution in [0.3, 0.4) is 0 Å². The Hall–Kier alpha value is -3.77. The van der Waals surface area contributed by atoms with Crippen molar-refractivity contribution >= 4 is 34.6 Å². The van der Waals surface area contributed by atoms with Crippen LogP contribution in [0.1, 0.15) is 43.1 Å². The topological polar surface area (TPSA) is 65.4 Å². The van der Waals surface area contributed by atoms with Gasteiger partial charge >= 0.3 is 0 Å². The van der Waals surface area contributed by atoms with Gasteiger partial charge in [-0.3, -0.25) is 4.79 Å². The molecule has 3 aromatic carbocycles. The van der Waals surface area contributed by atoms with E-state index in [1.54, 1.807) is 19.2 Å². The molecule has 1 aromatic heterocycles. The smallest absolute Gasteiger partial charge is 0.224 e. The summed E-state index contributed by atoms with van der Waals surface area (Å²) in [7, 11) is 1.67. The van der Waals surface area contributed by atoms with Crippen LogP contribution in [-0.4, -0.2) is 35.7 Å². The third kappa shape index (κ3) is 8.11. The lowest BCUT2D eigenvalue weighted by molar-refractivity contribution is -0.120. The summed E-state index contributed by atoms with van der Waals surface area (Å²) in [5.74, 6) is 2.57.